The van der Waals surface area contributed by atoms with E-state index in [9.17, 15) is 9.59 Å². The van der Waals surface area contributed by atoms with Crippen LogP contribution in [0.5, 0.6) is 5.75 Å². The van der Waals surface area contributed by atoms with Gasteiger partial charge in [-0.3, -0.25) is 4.79 Å². The van der Waals surface area contributed by atoms with Gasteiger partial charge in [-0.2, -0.15) is 0 Å². The number of hydrogen-bond donors (Lipinski definition) is 0. The molecular weight excluding hydrogens is 330 g/mol. The topological polar surface area (TPSA) is 65.0 Å². The molecule has 0 aliphatic carbocycles. The van der Waals surface area contributed by atoms with Gasteiger partial charge in [-0.15, -0.1) is 0 Å². The largest absolute Gasteiger partial charge is 0.426 e. The molecular formula is C21H31NO4. The van der Waals surface area contributed by atoms with E-state index in [1.165, 1.54) is 52.4 Å². The third-order valence-electron chi connectivity index (χ3n) is 4.07. The van der Waals surface area contributed by atoms with Crippen LogP contribution in [-0.2, 0) is 20.8 Å². The summed E-state index contributed by atoms with van der Waals surface area (Å²) < 4.78 is 5.33. The molecule has 0 atom stereocenters. The number of aryl methyl sites for hydroxylation is 1. The summed E-state index contributed by atoms with van der Waals surface area (Å²) in [5.74, 6) is -0.431. The zero-order valence-corrected chi connectivity index (χ0v) is 16.5. The lowest BCUT2D eigenvalue weighted by molar-refractivity contribution is -0.141. The predicted octanol–water partition coefficient (Wildman–Crippen LogP) is 5.19. The number of unbranched alkanes of at least 4 members (excludes halogenated alkanes) is 6. The second-order valence-electron chi connectivity index (χ2n) is 6.56. The highest BCUT2D eigenvalue weighted by Gasteiger charge is 2.11. The van der Waals surface area contributed by atoms with Crippen LogP contribution in [0.15, 0.2) is 23.4 Å². The van der Waals surface area contributed by atoms with Gasteiger partial charge in [-0.1, -0.05) is 56.7 Å². The van der Waals surface area contributed by atoms with E-state index in [1.54, 1.807) is 6.92 Å². The fourth-order valence-electron chi connectivity index (χ4n) is 2.73. The Morgan fingerprint density at radius 1 is 0.923 bits per heavy atom. The molecule has 0 heterocycles. The van der Waals surface area contributed by atoms with Crippen LogP contribution in [0.25, 0.3) is 0 Å². The molecule has 1 rings (SSSR count). The molecule has 1 aromatic rings. The van der Waals surface area contributed by atoms with E-state index in [1.807, 2.05) is 18.2 Å². The van der Waals surface area contributed by atoms with Gasteiger partial charge in [0, 0.05) is 19.4 Å². The van der Waals surface area contributed by atoms with Crippen molar-refractivity contribution >= 4 is 17.7 Å². The van der Waals surface area contributed by atoms with Crippen LogP contribution >= 0.6 is 0 Å². The summed E-state index contributed by atoms with van der Waals surface area (Å²) in [5.41, 5.74) is 2.25. The van der Waals surface area contributed by atoms with Gasteiger partial charge in [0.25, 0.3) is 0 Å². The number of oxime groups is 1. The van der Waals surface area contributed by atoms with Crippen molar-refractivity contribution in [2.24, 2.45) is 5.16 Å². The van der Waals surface area contributed by atoms with Crippen molar-refractivity contribution in [2.45, 2.75) is 79.1 Å². The Bertz CT molecular complexity index is 622. The molecule has 0 aliphatic heterocycles. The Kier molecular flexibility index (Phi) is 10.3. The quantitative estimate of drug-likeness (QED) is 0.136. The summed E-state index contributed by atoms with van der Waals surface area (Å²) in [6.07, 6.45) is 9.76. The fourth-order valence-corrected chi connectivity index (χ4v) is 2.73. The first-order valence-electron chi connectivity index (χ1n) is 9.48. The zero-order chi connectivity index (χ0) is 19.4. The molecule has 0 saturated carbocycles. The normalized spacial score (nSPS) is 11.3. The maximum atomic E-state index is 11.4. The van der Waals surface area contributed by atoms with Gasteiger partial charge < -0.3 is 9.57 Å². The van der Waals surface area contributed by atoms with Gasteiger partial charge in [-0.25, -0.2) is 4.79 Å². The summed E-state index contributed by atoms with van der Waals surface area (Å²) in [6.45, 7) is 6.59. The van der Waals surface area contributed by atoms with Gasteiger partial charge in [0.05, 0.1) is 5.71 Å². The third kappa shape index (κ3) is 8.79. The van der Waals surface area contributed by atoms with Gasteiger partial charge in [0.1, 0.15) is 5.75 Å². The third-order valence-corrected chi connectivity index (χ3v) is 4.07. The molecule has 0 unspecified atom stereocenters. The van der Waals surface area contributed by atoms with E-state index < -0.39 is 5.97 Å². The minimum absolute atomic E-state index is 0.389. The van der Waals surface area contributed by atoms with Crippen molar-refractivity contribution in [1.29, 1.82) is 0 Å². The van der Waals surface area contributed by atoms with E-state index in [0.29, 0.717) is 17.0 Å². The number of carbonyl (C=O) groups excluding carboxylic acids is 2. The van der Waals surface area contributed by atoms with Gasteiger partial charge in [0.2, 0.25) is 0 Å². The number of carbonyl (C=O) groups is 2. The Labute approximate surface area is 156 Å². The van der Waals surface area contributed by atoms with Gasteiger partial charge in [-0.05, 0) is 37.5 Å². The zero-order valence-electron chi connectivity index (χ0n) is 16.5. The van der Waals surface area contributed by atoms with Crippen LogP contribution in [0.2, 0.25) is 0 Å². The SMILES string of the molecule is CCCCCCCCCc1ccc(C(C)=NOC(C)=O)c(OC(C)=O)c1. The molecule has 0 N–H and O–H groups in total. The molecule has 0 spiro atoms. The summed E-state index contributed by atoms with van der Waals surface area (Å²) in [5, 5.41) is 3.78. The van der Waals surface area contributed by atoms with Crippen LogP contribution < -0.4 is 4.74 Å². The highest BCUT2D eigenvalue weighted by Crippen LogP contribution is 2.23. The first-order valence-corrected chi connectivity index (χ1v) is 9.48. The van der Waals surface area contributed by atoms with E-state index in [-0.39, 0.29) is 5.97 Å². The lowest BCUT2D eigenvalue weighted by atomic mass is 10.0. The maximum absolute atomic E-state index is 11.4. The fraction of sp³-hybridized carbons (Fsp3) is 0.571. The summed E-state index contributed by atoms with van der Waals surface area (Å²) in [7, 11) is 0. The Balaban J connectivity index is 2.70. The van der Waals surface area contributed by atoms with Crippen molar-refractivity contribution in [3.05, 3.63) is 29.3 Å². The first-order chi connectivity index (χ1) is 12.4. The summed E-state index contributed by atoms with van der Waals surface area (Å²) >= 11 is 0. The molecule has 0 bridgehead atoms. The van der Waals surface area contributed by atoms with Crippen molar-refractivity contribution in [3.8, 4) is 5.75 Å². The molecule has 5 nitrogen and oxygen atoms in total. The molecule has 26 heavy (non-hydrogen) atoms. The Morgan fingerprint density at radius 3 is 2.19 bits per heavy atom. The molecule has 0 aromatic heterocycles. The second kappa shape index (κ2) is 12.2. The number of rotatable bonds is 11. The Morgan fingerprint density at radius 2 is 1.58 bits per heavy atom. The smallest absolute Gasteiger partial charge is 0.331 e. The van der Waals surface area contributed by atoms with Crippen molar-refractivity contribution in [3.63, 3.8) is 0 Å². The van der Waals surface area contributed by atoms with Gasteiger partial charge >= 0.3 is 11.9 Å². The van der Waals surface area contributed by atoms with E-state index in [2.05, 4.69) is 16.9 Å². The molecule has 0 amide bonds. The highest BCUT2D eigenvalue weighted by molar-refractivity contribution is 6.01. The first kappa shape index (κ1) is 21.9. The van der Waals surface area contributed by atoms with Crippen LogP contribution in [0.4, 0.5) is 0 Å². The monoisotopic (exact) mass is 361 g/mol. The van der Waals surface area contributed by atoms with E-state index >= 15 is 0 Å². The second-order valence-corrected chi connectivity index (χ2v) is 6.56. The standard InChI is InChI=1S/C21H31NO4/c1-5-6-7-8-9-10-11-12-19-13-14-20(16(2)22-26-18(4)24)21(15-19)25-17(3)23/h13-15H,5-12H2,1-4H3. The number of esters is 1. The number of hydrogen-bond acceptors (Lipinski definition) is 5. The van der Waals surface area contributed by atoms with Crippen molar-refractivity contribution in [2.75, 3.05) is 0 Å². The average molecular weight is 361 g/mol. The molecule has 0 saturated heterocycles. The van der Waals surface area contributed by atoms with Crippen LogP contribution in [-0.4, -0.2) is 17.7 Å². The van der Waals surface area contributed by atoms with Crippen LogP contribution in [0.1, 0.15) is 83.8 Å². The molecule has 5 heteroatoms. The average Bonchev–Trinajstić information content (AvgIpc) is 2.58. The van der Waals surface area contributed by atoms with Crippen LogP contribution in [0.3, 0.4) is 0 Å². The lowest BCUT2D eigenvalue weighted by Gasteiger charge is -2.11. The number of nitrogens with zero attached hydrogens (tertiary/aromatic N) is 1. The van der Waals surface area contributed by atoms with E-state index in [4.69, 9.17) is 4.74 Å². The molecule has 0 fully saturated rings. The van der Waals surface area contributed by atoms with Crippen molar-refractivity contribution in [1.82, 2.24) is 0 Å². The maximum Gasteiger partial charge on any atom is 0.331 e. The number of benzene rings is 1. The minimum atomic E-state index is -0.492. The minimum Gasteiger partial charge on any atom is -0.426 e. The lowest BCUT2D eigenvalue weighted by Crippen LogP contribution is -2.08. The van der Waals surface area contributed by atoms with Gasteiger partial charge in [0.15, 0.2) is 0 Å². The van der Waals surface area contributed by atoms with Crippen molar-refractivity contribution < 1.29 is 19.2 Å². The van der Waals surface area contributed by atoms with E-state index in [0.717, 1.165) is 18.4 Å². The Hall–Kier alpha value is -2.17. The van der Waals surface area contributed by atoms with Crippen LogP contribution in [0, 0.1) is 0 Å². The predicted molar refractivity (Wildman–Crippen MR) is 103 cm³/mol. The molecule has 0 radical (unpaired) electrons. The highest BCUT2D eigenvalue weighted by atomic mass is 16.7. The molecule has 0 aliphatic rings. The molecule has 144 valence electrons. The molecule has 1 aromatic carbocycles. The summed E-state index contributed by atoms with van der Waals surface area (Å²) in [6, 6.07) is 5.74. The number of ether oxygens (including phenoxy) is 1. The summed E-state index contributed by atoms with van der Waals surface area (Å²) in [4.78, 5) is 27.0.